The van der Waals surface area contributed by atoms with Crippen LogP contribution in [-0.2, 0) is 2.51 Å². The van der Waals surface area contributed by atoms with Crippen molar-refractivity contribution in [3.05, 3.63) is 34.9 Å². The smallest absolute Gasteiger partial charge is 0.129 e. The summed E-state index contributed by atoms with van der Waals surface area (Å²) in [6, 6.07) is 8.16. The fourth-order valence-electron chi connectivity index (χ4n) is 1.20. The first kappa shape index (κ1) is 9.82. The van der Waals surface area contributed by atoms with E-state index in [4.69, 9.17) is 2.51 Å². The van der Waals surface area contributed by atoms with Gasteiger partial charge in [0.15, 0.2) is 0 Å². The van der Waals surface area contributed by atoms with Gasteiger partial charge in [-0.25, -0.2) is 2.51 Å². The zero-order valence-electron chi connectivity index (χ0n) is 6.41. The Balaban J connectivity index is 2.61. The van der Waals surface area contributed by atoms with Crippen LogP contribution in [0.3, 0.4) is 0 Å². The van der Waals surface area contributed by atoms with Crippen LogP contribution < -0.4 is 0 Å². The lowest BCUT2D eigenvalue weighted by Gasteiger charge is -1.99. The maximum absolute atomic E-state index is 4.97. The van der Waals surface area contributed by atoms with Crippen LogP contribution in [0.15, 0.2) is 34.9 Å². The highest BCUT2D eigenvalue weighted by molar-refractivity contribution is 14.1. The second kappa shape index (κ2) is 4.20. The zero-order valence-corrected chi connectivity index (χ0v) is 11.0. The minimum Gasteiger partial charge on any atom is -0.267 e. The Morgan fingerprint density at radius 2 is 2.23 bits per heavy atom. The molecule has 0 aliphatic rings. The van der Waals surface area contributed by atoms with E-state index in [9.17, 15) is 0 Å². The Hall–Kier alpha value is 0.280. The molecule has 5 heteroatoms. The molecule has 2 nitrogen and oxygen atoms in total. The largest absolute Gasteiger partial charge is 0.267 e. The van der Waals surface area contributed by atoms with Gasteiger partial charge < -0.3 is 0 Å². The number of benzene rings is 1. The van der Waals surface area contributed by atoms with Gasteiger partial charge in [0.25, 0.3) is 0 Å². The van der Waals surface area contributed by atoms with Crippen molar-refractivity contribution < 1.29 is 2.51 Å². The predicted octanol–water partition coefficient (Wildman–Crippen LogP) is 4.18. The lowest BCUT2D eigenvalue weighted by molar-refractivity contribution is 0.831. The van der Waals surface area contributed by atoms with Gasteiger partial charge >= 0.3 is 0 Å². The molecule has 2 aromatic rings. The highest BCUT2D eigenvalue weighted by Crippen LogP contribution is 2.28. The van der Waals surface area contributed by atoms with E-state index < -0.39 is 0 Å². The van der Waals surface area contributed by atoms with E-state index in [1.165, 1.54) is 17.6 Å². The van der Waals surface area contributed by atoms with E-state index in [0.717, 1.165) is 9.99 Å². The third-order valence-electron chi connectivity index (χ3n) is 1.75. The number of aromatic nitrogens is 1. The second-order valence-corrected chi connectivity index (χ2v) is 5.05. The number of nitrogens with zero attached hydrogens (tertiary/aromatic N) is 1. The monoisotopic (exact) mass is 369 g/mol. The summed E-state index contributed by atoms with van der Waals surface area (Å²) in [6.45, 7) is 0. The standard InChI is InChI=1S/C8H5BrINOS/c9-7-2-1-3-8-6(7)4-5-11(8)13-12-10/h1-5H. The molecule has 0 fully saturated rings. The molecule has 0 atom stereocenters. The molecule has 0 spiro atoms. The van der Waals surface area contributed by atoms with E-state index in [-0.39, 0.29) is 0 Å². The predicted molar refractivity (Wildman–Crippen MR) is 67.7 cm³/mol. The van der Waals surface area contributed by atoms with E-state index in [1.807, 2.05) is 45.3 Å². The van der Waals surface area contributed by atoms with Gasteiger partial charge in [-0.1, -0.05) is 22.0 Å². The quantitative estimate of drug-likeness (QED) is 0.582. The normalized spacial score (nSPS) is 10.9. The van der Waals surface area contributed by atoms with Crippen molar-refractivity contribution in [1.82, 2.24) is 3.97 Å². The van der Waals surface area contributed by atoms with Crippen molar-refractivity contribution >= 4 is 62.1 Å². The number of fused-ring (bicyclic) bond motifs is 1. The van der Waals surface area contributed by atoms with Gasteiger partial charge in [0.2, 0.25) is 0 Å². The summed E-state index contributed by atoms with van der Waals surface area (Å²) in [7, 11) is 0. The molecule has 1 aromatic heterocycles. The van der Waals surface area contributed by atoms with Gasteiger partial charge in [-0.3, -0.25) is 3.97 Å². The molecule has 0 N–H and O–H groups in total. The van der Waals surface area contributed by atoms with Gasteiger partial charge in [0, 0.05) is 16.1 Å². The van der Waals surface area contributed by atoms with Crippen LogP contribution >= 0.6 is 51.2 Å². The molecule has 0 aliphatic heterocycles. The average Bonchev–Trinajstić information content (AvgIpc) is 2.51. The summed E-state index contributed by atoms with van der Waals surface area (Å²) in [5.74, 6) is 0. The molecule has 0 aliphatic carbocycles. The van der Waals surface area contributed by atoms with Crippen LogP contribution in [0.25, 0.3) is 10.9 Å². The van der Waals surface area contributed by atoms with Gasteiger partial charge in [0.1, 0.15) is 35.2 Å². The zero-order chi connectivity index (χ0) is 9.26. The minimum absolute atomic E-state index is 1.11. The third-order valence-corrected chi connectivity index (χ3v) is 3.46. The molecular weight excluding hydrogens is 365 g/mol. The number of hydrogen-bond acceptors (Lipinski definition) is 2. The molecule has 0 unspecified atom stereocenters. The maximum Gasteiger partial charge on any atom is 0.129 e. The van der Waals surface area contributed by atoms with E-state index >= 15 is 0 Å². The lowest BCUT2D eigenvalue weighted by Crippen LogP contribution is -1.81. The van der Waals surface area contributed by atoms with Crippen LogP contribution in [0.5, 0.6) is 0 Å². The highest BCUT2D eigenvalue weighted by atomic mass is 127. The molecule has 2 rings (SSSR count). The Morgan fingerprint density at radius 3 is 3.00 bits per heavy atom. The van der Waals surface area contributed by atoms with Gasteiger partial charge in [0.05, 0.1) is 5.52 Å². The van der Waals surface area contributed by atoms with Crippen molar-refractivity contribution in [2.45, 2.75) is 0 Å². The molecule has 13 heavy (non-hydrogen) atoms. The summed E-state index contributed by atoms with van der Waals surface area (Å²) in [4.78, 5) is 0. The maximum atomic E-state index is 4.97. The Kier molecular flexibility index (Phi) is 3.18. The SMILES string of the molecule is Brc1cccc2c1ccn2SOI. The van der Waals surface area contributed by atoms with Gasteiger partial charge in [-0.05, 0) is 18.2 Å². The molecular formula is C8H5BrINOS. The van der Waals surface area contributed by atoms with Gasteiger partial charge in [-0.2, -0.15) is 0 Å². The van der Waals surface area contributed by atoms with Gasteiger partial charge in [-0.15, -0.1) is 0 Å². The highest BCUT2D eigenvalue weighted by Gasteiger charge is 2.03. The van der Waals surface area contributed by atoms with Crippen LogP contribution in [0, 0.1) is 0 Å². The molecule has 0 saturated carbocycles. The summed E-state index contributed by atoms with van der Waals surface area (Å²) >= 11 is 6.66. The van der Waals surface area contributed by atoms with Crippen LogP contribution in [0.2, 0.25) is 0 Å². The summed E-state index contributed by atoms with van der Waals surface area (Å²) < 4.78 is 8.06. The summed E-state index contributed by atoms with van der Waals surface area (Å²) in [5, 5.41) is 1.20. The van der Waals surface area contributed by atoms with Crippen LogP contribution in [-0.4, -0.2) is 3.97 Å². The number of halogens is 2. The molecule has 0 saturated heterocycles. The topological polar surface area (TPSA) is 14.2 Å². The Bertz CT molecular complexity index is 431. The first-order chi connectivity index (χ1) is 6.33. The summed E-state index contributed by atoms with van der Waals surface area (Å²) in [5.41, 5.74) is 1.15. The van der Waals surface area contributed by atoms with Crippen molar-refractivity contribution in [2.75, 3.05) is 0 Å². The van der Waals surface area contributed by atoms with Crippen molar-refractivity contribution in [3.63, 3.8) is 0 Å². The first-order valence-electron chi connectivity index (χ1n) is 3.54. The number of rotatable bonds is 2. The summed E-state index contributed by atoms with van der Waals surface area (Å²) in [6.07, 6.45) is 1.98. The van der Waals surface area contributed by atoms with Crippen molar-refractivity contribution in [1.29, 1.82) is 0 Å². The molecule has 0 amide bonds. The van der Waals surface area contributed by atoms with Crippen LogP contribution in [0.1, 0.15) is 0 Å². The molecule has 1 heterocycles. The fourth-order valence-corrected chi connectivity index (χ4v) is 2.62. The third kappa shape index (κ3) is 1.88. The van der Waals surface area contributed by atoms with E-state index in [1.54, 1.807) is 0 Å². The number of hydrogen-bond donors (Lipinski definition) is 0. The molecule has 68 valence electrons. The first-order valence-corrected chi connectivity index (χ1v) is 5.91. The lowest BCUT2D eigenvalue weighted by atomic mass is 10.3. The van der Waals surface area contributed by atoms with E-state index in [0.29, 0.717) is 0 Å². The Labute approximate surface area is 103 Å². The molecule has 0 radical (unpaired) electrons. The fraction of sp³-hybridized carbons (Fsp3) is 0. The minimum atomic E-state index is 1.11. The van der Waals surface area contributed by atoms with Crippen LogP contribution in [0.4, 0.5) is 0 Å². The second-order valence-electron chi connectivity index (χ2n) is 2.45. The Morgan fingerprint density at radius 1 is 1.38 bits per heavy atom. The molecule has 1 aromatic carbocycles. The van der Waals surface area contributed by atoms with E-state index in [2.05, 4.69) is 28.1 Å². The molecule has 0 bridgehead atoms. The van der Waals surface area contributed by atoms with Crippen molar-refractivity contribution in [3.8, 4) is 0 Å². The average molecular weight is 370 g/mol. The van der Waals surface area contributed by atoms with Crippen molar-refractivity contribution in [2.24, 2.45) is 0 Å².